The molecular weight excluding hydrogens is 259 g/mol. The Morgan fingerprint density at radius 2 is 1.90 bits per heavy atom. The van der Waals surface area contributed by atoms with Gasteiger partial charge in [0, 0.05) is 12.3 Å². The van der Waals surface area contributed by atoms with Gasteiger partial charge in [-0.3, -0.25) is 4.79 Å². The summed E-state index contributed by atoms with van der Waals surface area (Å²) in [7, 11) is 0. The van der Waals surface area contributed by atoms with Crippen LogP contribution in [0.4, 0.5) is 4.39 Å². The van der Waals surface area contributed by atoms with Crippen LogP contribution < -0.4 is 5.56 Å². The average molecular weight is 270 g/mol. The van der Waals surface area contributed by atoms with Crippen LogP contribution in [0.2, 0.25) is 0 Å². The molecule has 0 bridgehead atoms. The van der Waals surface area contributed by atoms with Gasteiger partial charge in [-0.2, -0.15) is 0 Å². The van der Waals surface area contributed by atoms with E-state index in [0.717, 1.165) is 18.0 Å². The predicted molar refractivity (Wildman–Crippen MR) is 71.1 cm³/mol. The molecule has 0 amide bonds. The van der Waals surface area contributed by atoms with E-state index in [0.29, 0.717) is 5.82 Å². The first-order valence-corrected chi connectivity index (χ1v) is 6.04. The number of rotatable bonds is 3. The molecule has 3 aromatic rings. The Balaban J connectivity index is 1.88. The summed E-state index contributed by atoms with van der Waals surface area (Å²) in [6, 6.07) is 11.8. The van der Waals surface area contributed by atoms with Crippen molar-refractivity contribution in [3.63, 3.8) is 0 Å². The van der Waals surface area contributed by atoms with Crippen LogP contribution in [0.3, 0.4) is 0 Å². The summed E-state index contributed by atoms with van der Waals surface area (Å²) in [6.07, 6.45) is 2.71. The Morgan fingerprint density at radius 3 is 2.70 bits per heavy atom. The maximum atomic E-state index is 13.1. The van der Waals surface area contributed by atoms with Crippen LogP contribution in [0, 0.1) is 5.82 Å². The maximum absolute atomic E-state index is 13.1. The smallest absolute Gasteiger partial charge is 0.251 e. The SMILES string of the molecule is O=c1ccc(F)cn1Cc1ncn(-c2ccccc2)n1. The summed E-state index contributed by atoms with van der Waals surface area (Å²) in [4.78, 5) is 15.7. The first-order valence-electron chi connectivity index (χ1n) is 6.04. The fourth-order valence-electron chi connectivity index (χ4n) is 1.85. The van der Waals surface area contributed by atoms with Crippen LogP contribution in [-0.4, -0.2) is 19.3 Å². The highest BCUT2D eigenvalue weighted by Crippen LogP contribution is 2.05. The molecule has 0 aliphatic rings. The summed E-state index contributed by atoms with van der Waals surface area (Å²) >= 11 is 0. The van der Waals surface area contributed by atoms with Gasteiger partial charge in [-0.15, -0.1) is 5.10 Å². The van der Waals surface area contributed by atoms with E-state index >= 15 is 0 Å². The number of benzene rings is 1. The lowest BCUT2D eigenvalue weighted by molar-refractivity contribution is 0.590. The van der Waals surface area contributed by atoms with E-state index in [4.69, 9.17) is 0 Å². The summed E-state index contributed by atoms with van der Waals surface area (Å²) in [5, 5.41) is 4.27. The number of nitrogens with zero attached hydrogens (tertiary/aromatic N) is 4. The van der Waals surface area contributed by atoms with Crippen molar-refractivity contribution in [2.45, 2.75) is 6.54 Å². The van der Waals surface area contributed by atoms with Crippen LogP contribution in [0.25, 0.3) is 5.69 Å². The van der Waals surface area contributed by atoms with Crippen LogP contribution in [0.1, 0.15) is 5.82 Å². The normalized spacial score (nSPS) is 10.7. The zero-order valence-corrected chi connectivity index (χ0v) is 10.5. The van der Waals surface area contributed by atoms with Crippen molar-refractivity contribution < 1.29 is 4.39 Å². The highest BCUT2D eigenvalue weighted by Gasteiger charge is 2.05. The second kappa shape index (κ2) is 5.08. The van der Waals surface area contributed by atoms with Crippen molar-refractivity contribution in [1.82, 2.24) is 19.3 Å². The fourth-order valence-corrected chi connectivity index (χ4v) is 1.85. The monoisotopic (exact) mass is 270 g/mol. The molecule has 100 valence electrons. The van der Waals surface area contributed by atoms with E-state index in [1.807, 2.05) is 30.3 Å². The third-order valence-corrected chi connectivity index (χ3v) is 2.82. The Kier molecular flexibility index (Phi) is 3.12. The van der Waals surface area contributed by atoms with E-state index in [2.05, 4.69) is 10.1 Å². The summed E-state index contributed by atoms with van der Waals surface area (Å²) in [6.45, 7) is 0.135. The molecule has 5 nitrogen and oxygen atoms in total. The van der Waals surface area contributed by atoms with Gasteiger partial charge < -0.3 is 4.57 Å². The number of hydrogen-bond donors (Lipinski definition) is 0. The second-order valence-electron chi connectivity index (χ2n) is 4.25. The zero-order chi connectivity index (χ0) is 13.9. The molecule has 0 atom stereocenters. The fraction of sp³-hybridized carbons (Fsp3) is 0.0714. The minimum atomic E-state index is -0.466. The molecular formula is C14H11FN4O. The van der Waals surface area contributed by atoms with Crippen LogP contribution in [-0.2, 0) is 6.54 Å². The Hall–Kier alpha value is -2.76. The first kappa shape index (κ1) is 12.3. The van der Waals surface area contributed by atoms with Crippen LogP contribution >= 0.6 is 0 Å². The largest absolute Gasteiger partial charge is 0.305 e. The lowest BCUT2D eigenvalue weighted by Gasteiger charge is -2.02. The number of aromatic nitrogens is 4. The van der Waals surface area contributed by atoms with Crippen molar-refractivity contribution in [3.8, 4) is 5.69 Å². The minimum Gasteiger partial charge on any atom is -0.305 e. The maximum Gasteiger partial charge on any atom is 0.251 e. The van der Waals surface area contributed by atoms with Crippen molar-refractivity contribution in [3.05, 3.63) is 77.0 Å². The third-order valence-electron chi connectivity index (χ3n) is 2.82. The van der Waals surface area contributed by atoms with E-state index in [1.54, 1.807) is 11.0 Å². The summed E-state index contributed by atoms with van der Waals surface area (Å²) in [5.41, 5.74) is 0.584. The molecule has 0 unspecified atom stereocenters. The van der Waals surface area contributed by atoms with Crippen molar-refractivity contribution in [2.24, 2.45) is 0 Å². The molecule has 0 fully saturated rings. The minimum absolute atomic E-state index is 0.135. The highest BCUT2D eigenvalue weighted by atomic mass is 19.1. The van der Waals surface area contributed by atoms with Gasteiger partial charge in [0.1, 0.15) is 12.1 Å². The van der Waals surface area contributed by atoms with Gasteiger partial charge >= 0.3 is 0 Å². The quantitative estimate of drug-likeness (QED) is 0.726. The number of para-hydroxylation sites is 1. The van der Waals surface area contributed by atoms with Gasteiger partial charge in [0.2, 0.25) is 0 Å². The van der Waals surface area contributed by atoms with Crippen LogP contribution in [0.15, 0.2) is 59.8 Å². The molecule has 20 heavy (non-hydrogen) atoms. The Bertz CT molecular complexity index is 779. The lowest BCUT2D eigenvalue weighted by Crippen LogP contribution is -2.20. The summed E-state index contributed by atoms with van der Waals surface area (Å²) < 4.78 is 16.0. The Labute approximate surface area is 113 Å². The van der Waals surface area contributed by atoms with E-state index in [9.17, 15) is 9.18 Å². The lowest BCUT2D eigenvalue weighted by atomic mass is 10.3. The predicted octanol–water partition coefficient (Wildman–Crippen LogP) is 1.62. The van der Waals surface area contributed by atoms with Gasteiger partial charge in [0.05, 0.1) is 12.2 Å². The van der Waals surface area contributed by atoms with Gasteiger partial charge in [-0.25, -0.2) is 14.1 Å². The topological polar surface area (TPSA) is 52.7 Å². The first-order chi connectivity index (χ1) is 9.72. The molecule has 2 heterocycles. The number of pyridine rings is 1. The van der Waals surface area contributed by atoms with Gasteiger partial charge in [-0.1, -0.05) is 18.2 Å². The molecule has 0 N–H and O–H groups in total. The molecule has 6 heteroatoms. The molecule has 0 saturated heterocycles. The van der Waals surface area contributed by atoms with Gasteiger partial charge in [-0.05, 0) is 18.2 Å². The molecule has 0 spiro atoms. The van der Waals surface area contributed by atoms with E-state index in [1.165, 1.54) is 10.6 Å². The summed E-state index contributed by atoms with van der Waals surface area (Å²) in [5.74, 6) is -0.0198. The zero-order valence-electron chi connectivity index (χ0n) is 10.5. The van der Waals surface area contributed by atoms with E-state index < -0.39 is 5.82 Å². The molecule has 0 aliphatic heterocycles. The van der Waals surface area contributed by atoms with Crippen molar-refractivity contribution >= 4 is 0 Å². The van der Waals surface area contributed by atoms with Gasteiger partial charge in [0.25, 0.3) is 5.56 Å². The molecule has 2 aromatic heterocycles. The van der Waals surface area contributed by atoms with Crippen molar-refractivity contribution in [1.29, 1.82) is 0 Å². The number of hydrogen-bond acceptors (Lipinski definition) is 3. The molecule has 0 saturated carbocycles. The third kappa shape index (κ3) is 2.49. The molecule has 3 rings (SSSR count). The van der Waals surface area contributed by atoms with Gasteiger partial charge in [0.15, 0.2) is 5.82 Å². The van der Waals surface area contributed by atoms with E-state index in [-0.39, 0.29) is 12.1 Å². The van der Waals surface area contributed by atoms with Crippen molar-refractivity contribution in [2.75, 3.05) is 0 Å². The Morgan fingerprint density at radius 1 is 1.10 bits per heavy atom. The number of halogens is 1. The second-order valence-corrected chi connectivity index (χ2v) is 4.25. The highest BCUT2D eigenvalue weighted by molar-refractivity contribution is 5.29. The molecule has 0 radical (unpaired) electrons. The average Bonchev–Trinajstić information content (AvgIpc) is 2.92. The molecule has 1 aromatic carbocycles. The van der Waals surface area contributed by atoms with Crippen LogP contribution in [0.5, 0.6) is 0 Å². The molecule has 0 aliphatic carbocycles. The standard InChI is InChI=1S/C14H11FN4O/c15-11-6-7-14(20)18(8-11)9-13-16-10-19(17-13)12-4-2-1-3-5-12/h1-8,10H,9H2.